The Morgan fingerprint density at radius 2 is 2.15 bits per heavy atom. The van der Waals surface area contributed by atoms with E-state index in [1.807, 2.05) is 0 Å². The van der Waals surface area contributed by atoms with E-state index in [4.69, 9.17) is 4.74 Å². The van der Waals surface area contributed by atoms with Crippen LogP contribution in [0.4, 0.5) is 0 Å². The average molecular weight is 274 g/mol. The van der Waals surface area contributed by atoms with Crippen LogP contribution in [0.2, 0.25) is 0 Å². The number of rotatable bonds is 3. The van der Waals surface area contributed by atoms with Crippen LogP contribution in [0, 0.1) is 6.92 Å². The van der Waals surface area contributed by atoms with E-state index in [1.54, 1.807) is 0 Å². The van der Waals surface area contributed by atoms with Crippen LogP contribution in [0.3, 0.4) is 0 Å². The first-order valence-electron chi connectivity index (χ1n) is 7.92. The van der Waals surface area contributed by atoms with Crippen molar-refractivity contribution in [3.63, 3.8) is 0 Å². The van der Waals surface area contributed by atoms with Crippen LogP contribution < -0.4 is 10.1 Å². The van der Waals surface area contributed by atoms with Gasteiger partial charge in [-0.25, -0.2) is 0 Å². The molecule has 1 saturated heterocycles. The molecule has 1 aromatic rings. The number of aryl methyl sites for hydroxylation is 1. The number of hydrogen-bond acceptors (Lipinski definition) is 3. The minimum atomic E-state index is 0.00799. The molecular weight excluding hydrogens is 248 g/mol. The molecule has 1 N–H and O–H groups in total. The van der Waals surface area contributed by atoms with E-state index < -0.39 is 0 Å². The minimum Gasteiger partial charge on any atom is -0.485 e. The molecule has 3 heteroatoms. The van der Waals surface area contributed by atoms with E-state index in [2.05, 4.69) is 49.2 Å². The van der Waals surface area contributed by atoms with Crippen molar-refractivity contribution >= 4 is 0 Å². The molecule has 1 aromatic carbocycles. The number of nitrogens with one attached hydrogen (secondary N) is 1. The topological polar surface area (TPSA) is 24.5 Å². The molecule has 2 aliphatic rings. The lowest BCUT2D eigenvalue weighted by Crippen LogP contribution is -2.46. The molecule has 0 aromatic heterocycles. The first-order chi connectivity index (χ1) is 9.67. The molecule has 2 unspecified atom stereocenters. The Hall–Kier alpha value is -1.06. The normalized spacial score (nSPS) is 28.7. The highest BCUT2D eigenvalue weighted by atomic mass is 16.5. The summed E-state index contributed by atoms with van der Waals surface area (Å²) >= 11 is 0. The van der Waals surface area contributed by atoms with Gasteiger partial charge in [0.2, 0.25) is 0 Å². The Morgan fingerprint density at radius 3 is 2.80 bits per heavy atom. The van der Waals surface area contributed by atoms with Gasteiger partial charge in [0.25, 0.3) is 0 Å². The molecule has 2 atom stereocenters. The fourth-order valence-electron chi connectivity index (χ4n) is 3.71. The van der Waals surface area contributed by atoms with Gasteiger partial charge in [0.15, 0.2) is 0 Å². The van der Waals surface area contributed by atoms with Crippen LogP contribution in [-0.2, 0) is 0 Å². The summed E-state index contributed by atoms with van der Waals surface area (Å²) in [5.74, 6) is 1.11. The van der Waals surface area contributed by atoms with Crippen LogP contribution in [0.5, 0.6) is 5.75 Å². The smallest absolute Gasteiger partial charge is 0.125 e. The van der Waals surface area contributed by atoms with Gasteiger partial charge in [0.05, 0.1) is 0 Å². The molecule has 3 nitrogen and oxygen atoms in total. The number of hydrogen-bond donors (Lipinski definition) is 1. The Labute approximate surface area is 122 Å². The summed E-state index contributed by atoms with van der Waals surface area (Å²) in [7, 11) is 0. The highest BCUT2D eigenvalue weighted by Gasteiger charge is 2.44. The third-order valence-electron chi connectivity index (χ3n) is 4.88. The van der Waals surface area contributed by atoms with Crippen molar-refractivity contribution in [2.75, 3.05) is 26.2 Å². The molecule has 2 heterocycles. The third kappa shape index (κ3) is 2.33. The lowest BCUT2D eigenvalue weighted by Gasteiger charge is -2.43. The molecule has 0 radical (unpaired) electrons. The van der Waals surface area contributed by atoms with Crippen molar-refractivity contribution in [1.82, 2.24) is 10.2 Å². The van der Waals surface area contributed by atoms with Crippen molar-refractivity contribution in [2.24, 2.45) is 0 Å². The summed E-state index contributed by atoms with van der Waals surface area (Å²) in [5.41, 5.74) is 2.66. The van der Waals surface area contributed by atoms with E-state index in [0.29, 0.717) is 6.04 Å². The predicted octanol–water partition coefficient (Wildman–Crippen LogP) is 2.89. The molecular formula is C17H26N2O. The number of ether oxygens (including phenoxy) is 1. The first kappa shape index (κ1) is 13.9. The van der Waals surface area contributed by atoms with Crippen molar-refractivity contribution in [3.8, 4) is 5.75 Å². The summed E-state index contributed by atoms with van der Waals surface area (Å²) in [6.07, 6.45) is 2.23. The highest BCUT2D eigenvalue weighted by molar-refractivity contribution is 5.42. The van der Waals surface area contributed by atoms with E-state index in [9.17, 15) is 0 Å². The fraction of sp³-hybridized carbons (Fsp3) is 0.647. The number of benzene rings is 1. The van der Waals surface area contributed by atoms with Crippen molar-refractivity contribution in [2.45, 2.75) is 45.3 Å². The van der Waals surface area contributed by atoms with Gasteiger partial charge in [-0.2, -0.15) is 0 Å². The lowest BCUT2D eigenvalue weighted by atomic mass is 9.85. The maximum absolute atomic E-state index is 6.44. The maximum atomic E-state index is 6.44. The third-order valence-corrected chi connectivity index (χ3v) is 4.88. The zero-order chi connectivity index (χ0) is 14.2. The Bertz CT molecular complexity index is 476. The second kappa shape index (κ2) is 5.38. The van der Waals surface area contributed by atoms with Gasteiger partial charge in [-0.05, 0) is 38.2 Å². The Kier molecular flexibility index (Phi) is 3.74. The molecule has 0 bridgehead atoms. The van der Waals surface area contributed by atoms with Gasteiger partial charge >= 0.3 is 0 Å². The molecule has 3 rings (SSSR count). The molecule has 0 aliphatic carbocycles. The Balaban J connectivity index is 2.00. The zero-order valence-corrected chi connectivity index (χ0v) is 12.9. The SMILES string of the molecule is CCN(CC)C1CC2(CCNC2)Oc2cc(C)ccc21. The first-order valence-corrected chi connectivity index (χ1v) is 7.92. The molecule has 110 valence electrons. The molecule has 0 amide bonds. The number of nitrogens with zero attached hydrogens (tertiary/aromatic N) is 1. The largest absolute Gasteiger partial charge is 0.485 e. The van der Waals surface area contributed by atoms with Gasteiger partial charge in [-0.3, -0.25) is 4.90 Å². The van der Waals surface area contributed by atoms with Crippen LogP contribution in [0.1, 0.15) is 43.9 Å². The van der Waals surface area contributed by atoms with Crippen LogP contribution >= 0.6 is 0 Å². The summed E-state index contributed by atoms with van der Waals surface area (Å²) in [5, 5.41) is 3.48. The summed E-state index contributed by atoms with van der Waals surface area (Å²) in [6, 6.07) is 7.19. The van der Waals surface area contributed by atoms with Gasteiger partial charge in [-0.1, -0.05) is 26.0 Å². The summed E-state index contributed by atoms with van der Waals surface area (Å²) in [6.45, 7) is 10.9. The van der Waals surface area contributed by atoms with Crippen LogP contribution in [-0.4, -0.2) is 36.7 Å². The quantitative estimate of drug-likeness (QED) is 0.917. The van der Waals surface area contributed by atoms with E-state index >= 15 is 0 Å². The van der Waals surface area contributed by atoms with E-state index in [1.165, 1.54) is 11.1 Å². The highest BCUT2D eigenvalue weighted by Crippen LogP contribution is 2.45. The van der Waals surface area contributed by atoms with Crippen LogP contribution in [0.15, 0.2) is 18.2 Å². The van der Waals surface area contributed by atoms with E-state index in [0.717, 1.165) is 44.8 Å². The summed E-state index contributed by atoms with van der Waals surface area (Å²) in [4.78, 5) is 2.57. The molecule has 0 saturated carbocycles. The van der Waals surface area contributed by atoms with Crippen molar-refractivity contribution < 1.29 is 4.74 Å². The van der Waals surface area contributed by atoms with Gasteiger partial charge in [0, 0.05) is 31.0 Å². The second-order valence-electron chi connectivity index (χ2n) is 6.19. The second-order valence-corrected chi connectivity index (χ2v) is 6.19. The molecule has 2 aliphatic heterocycles. The average Bonchev–Trinajstić information content (AvgIpc) is 2.87. The molecule has 20 heavy (non-hydrogen) atoms. The van der Waals surface area contributed by atoms with Gasteiger partial charge < -0.3 is 10.1 Å². The predicted molar refractivity (Wildman–Crippen MR) is 82.3 cm³/mol. The molecule has 1 spiro atoms. The van der Waals surface area contributed by atoms with Gasteiger partial charge in [0.1, 0.15) is 11.4 Å². The number of fused-ring (bicyclic) bond motifs is 1. The lowest BCUT2D eigenvalue weighted by molar-refractivity contribution is 0.0193. The van der Waals surface area contributed by atoms with Crippen LogP contribution in [0.25, 0.3) is 0 Å². The van der Waals surface area contributed by atoms with Crippen molar-refractivity contribution in [3.05, 3.63) is 29.3 Å². The maximum Gasteiger partial charge on any atom is 0.125 e. The van der Waals surface area contributed by atoms with Gasteiger partial charge in [-0.15, -0.1) is 0 Å². The van der Waals surface area contributed by atoms with Crippen molar-refractivity contribution in [1.29, 1.82) is 0 Å². The monoisotopic (exact) mass is 274 g/mol. The van der Waals surface area contributed by atoms with E-state index in [-0.39, 0.29) is 5.60 Å². The fourth-order valence-corrected chi connectivity index (χ4v) is 3.71. The zero-order valence-electron chi connectivity index (χ0n) is 12.9. The standard InChI is InChI=1S/C17H26N2O/c1-4-19(5-2)15-11-17(8-9-18-12-17)20-16-10-13(3)6-7-14(15)16/h6-7,10,15,18H,4-5,8-9,11-12H2,1-3H3. The Morgan fingerprint density at radius 1 is 1.35 bits per heavy atom. The summed E-state index contributed by atoms with van der Waals surface area (Å²) < 4.78 is 6.44. The molecule has 1 fully saturated rings. The minimum absolute atomic E-state index is 0.00799.